The summed E-state index contributed by atoms with van der Waals surface area (Å²) in [5.74, 6) is -2.49. The molecule has 1 aliphatic rings. The molecule has 9 nitrogen and oxygen atoms in total. The maximum atomic E-state index is 10.5. The molecule has 1 aliphatic carbocycles. The van der Waals surface area contributed by atoms with Gasteiger partial charge in [0.1, 0.15) is 0 Å². The van der Waals surface area contributed by atoms with Gasteiger partial charge in [0.2, 0.25) is 0 Å². The maximum Gasteiger partial charge on any atom is 2.00 e. The summed E-state index contributed by atoms with van der Waals surface area (Å²) in [6.45, 7) is 8.05. The molecule has 0 radical (unpaired) electrons. The van der Waals surface area contributed by atoms with Gasteiger partial charge in [0.25, 0.3) is 0 Å². The van der Waals surface area contributed by atoms with E-state index in [0.717, 1.165) is 12.3 Å². The van der Waals surface area contributed by atoms with Crippen molar-refractivity contribution in [1.82, 2.24) is 0 Å². The number of carbonyl (C=O) groups is 2. The smallest absolute Gasteiger partial charge is 0.677 e. The van der Waals surface area contributed by atoms with Crippen molar-refractivity contribution in [2.24, 2.45) is 23.7 Å². The van der Waals surface area contributed by atoms with Crippen molar-refractivity contribution < 1.29 is 61.7 Å². The molecule has 0 spiro atoms. The molecule has 3 atom stereocenters. The van der Waals surface area contributed by atoms with Crippen molar-refractivity contribution in [3.05, 3.63) is 12.7 Å². The van der Waals surface area contributed by atoms with Crippen LogP contribution in [0.2, 0.25) is 0 Å². The standard InChI is InChI=1S/C8H14O4.C7H13N.HO4P.Pt.H2/c1-3-5(4-2)6(7(9)10)8(11)12;1-2-6-3-4-7(6)5-8;1-4-5(2)3;;/h5-6H,3-4H2,1-2H3,(H,9,10)(H,11,12);6-8H,1-5H2;1H;;1H/q;-2;;+2;. The Morgan fingerprint density at radius 1 is 1.27 bits per heavy atom. The van der Waals surface area contributed by atoms with E-state index in [4.69, 9.17) is 30.7 Å². The van der Waals surface area contributed by atoms with Crippen LogP contribution in [-0.4, -0.2) is 34.0 Å². The Kier molecular flexibility index (Phi) is 20.9. The van der Waals surface area contributed by atoms with E-state index in [9.17, 15) is 9.59 Å². The molecule has 26 heavy (non-hydrogen) atoms. The molecule has 0 aliphatic heterocycles. The van der Waals surface area contributed by atoms with Crippen molar-refractivity contribution in [2.45, 2.75) is 46.0 Å². The number of nitrogens with one attached hydrogen (secondary N) is 1. The molecule has 0 amide bonds. The van der Waals surface area contributed by atoms with Gasteiger partial charge < -0.3 is 27.8 Å². The molecule has 0 aromatic heterocycles. The molecule has 1 saturated carbocycles. The van der Waals surface area contributed by atoms with Gasteiger partial charge in [-0.3, -0.25) is 9.59 Å². The molecule has 0 heterocycles. The third-order valence-electron chi connectivity index (χ3n) is 4.33. The Bertz CT molecular complexity index is 387. The molecule has 158 valence electrons. The summed E-state index contributed by atoms with van der Waals surface area (Å²) in [4.78, 5) is 30.0. The van der Waals surface area contributed by atoms with Gasteiger partial charge in [0, 0.05) is 6.10 Å². The minimum absolute atomic E-state index is 0. The Morgan fingerprint density at radius 3 is 1.73 bits per heavy atom. The summed E-state index contributed by atoms with van der Waals surface area (Å²) in [6.07, 6.45) is 4.82. The zero-order valence-electron chi connectivity index (χ0n) is 14.9. The van der Waals surface area contributed by atoms with Gasteiger partial charge in [-0.1, -0.05) is 51.4 Å². The molecule has 4 N–H and O–H groups in total. The van der Waals surface area contributed by atoms with Gasteiger partial charge in [-0.15, -0.1) is 6.54 Å². The van der Waals surface area contributed by atoms with E-state index in [0.29, 0.717) is 25.3 Å². The van der Waals surface area contributed by atoms with E-state index >= 15 is 0 Å². The number of rotatable bonds is 8. The summed E-state index contributed by atoms with van der Waals surface area (Å²) >= 11 is 0. The van der Waals surface area contributed by atoms with E-state index in [1.807, 2.05) is 0 Å². The first kappa shape index (κ1) is 30.3. The van der Waals surface area contributed by atoms with Gasteiger partial charge in [-0.25, -0.2) is 5.26 Å². The quantitative estimate of drug-likeness (QED) is 0.130. The van der Waals surface area contributed by atoms with E-state index in [-0.39, 0.29) is 28.4 Å². The Morgan fingerprint density at radius 2 is 1.65 bits per heavy atom. The molecule has 3 unspecified atom stereocenters. The molecule has 0 aromatic rings. The van der Waals surface area contributed by atoms with Gasteiger partial charge >= 0.3 is 41.3 Å². The Labute approximate surface area is 170 Å². The molecule has 11 heteroatoms. The van der Waals surface area contributed by atoms with E-state index in [1.165, 1.54) is 12.8 Å². The Balaban J connectivity index is -0.000000154. The normalized spacial score (nSPS) is 18.4. The van der Waals surface area contributed by atoms with Crippen LogP contribution in [-0.2, 0) is 39.9 Å². The summed E-state index contributed by atoms with van der Waals surface area (Å²) in [5.41, 5.74) is 7.07. The van der Waals surface area contributed by atoms with Crippen LogP contribution in [0.4, 0.5) is 0 Å². The number of carboxylic acid groups (broad SMARTS) is 2. The van der Waals surface area contributed by atoms with Crippen molar-refractivity contribution in [2.75, 3.05) is 6.54 Å². The van der Waals surface area contributed by atoms with E-state index in [2.05, 4.69) is 11.6 Å². The third kappa shape index (κ3) is 12.8. The van der Waals surface area contributed by atoms with Crippen molar-refractivity contribution >= 4 is 20.2 Å². The maximum absolute atomic E-state index is 10.5. The second kappa shape index (κ2) is 18.0. The molecular formula is C15H30NO8PPt. The van der Waals surface area contributed by atoms with Crippen LogP contribution < -0.4 is 4.89 Å². The second-order valence-electron chi connectivity index (χ2n) is 5.63. The average molecular weight is 578 g/mol. The van der Waals surface area contributed by atoms with E-state index < -0.39 is 26.1 Å². The van der Waals surface area contributed by atoms with Crippen LogP contribution in [0.5, 0.6) is 0 Å². The van der Waals surface area contributed by atoms with Crippen LogP contribution in [0.25, 0.3) is 5.73 Å². The van der Waals surface area contributed by atoms with Gasteiger partial charge in [-0.2, -0.15) is 6.42 Å². The second-order valence-corrected chi connectivity index (χ2v) is 6.24. The van der Waals surface area contributed by atoms with Gasteiger partial charge in [0.15, 0.2) is 5.92 Å². The molecule has 1 rings (SSSR count). The first-order valence-electron chi connectivity index (χ1n) is 8.05. The number of aliphatic carboxylic acids is 2. The minimum atomic E-state index is -3.04. The molecule has 0 aromatic carbocycles. The van der Waals surface area contributed by atoms with Gasteiger partial charge in [0.05, 0.1) is 0 Å². The van der Waals surface area contributed by atoms with Crippen molar-refractivity contribution in [1.29, 1.82) is 0 Å². The largest absolute Gasteiger partial charge is 2.00 e. The predicted octanol–water partition coefficient (Wildman–Crippen LogP) is 3.23. The average Bonchev–Trinajstić information content (AvgIpc) is 2.52. The van der Waals surface area contributed by atoms with E-state index in [1.54, 1.807) is 13.8 Å². The summed E-state index contributed by atoms with van der Waals surface area (Å²) in [7, 11) is -3.04. The summed E-state index contributed by atoms with van der Waals surface area (Å²) < 4.78 is 11.6. The van der Waals surface area contributed by atoms with Crippen LogP contribution >= 0.6 is 8.25 Å². The van der Waals surface area contributed by atoms with Crippen LogP contribution in [0.3, 0.4) is 0 Å². The van der Waals surface area contributed by atoms with Crippen LogP contribution in [0, 0.1) is 30.6 Å². The summed E-state index contributed by atoms with van der Waals surface area (Å²) in [6, 6.07) is 0. The number of hydrogen-bond donors (Lipinski definition) is 3. The molecule has 0 saturated heterocycles. The number of hydrogen-bond acceptors (Lipinski definition) is 6. The molecular weight excluding hydrogens is 548 g/mol. The number of carboxylic acids is 2. The van der Waals surface area contributed by atoms with Crippen molar-refractivity contribution in [3.63, 3.8) is 0 Å². The third-order valence-corrected chi connectivity index (χ3v) is 4.46. The fourth-order valence-corrected chi connectivity index (χ4v) is 2.56. The van der Waals surface area contributed by atoms with Crippen LogP contribution in [0.15, 0.2) is 0 Å². The first-order valence-corrected chi connectivity index (χ1v) is 9.14. The first-order chi connectivity index (χ1) is 11.7. The fourth-order valence-electron chi connectivity index (χ4n) is 2.56. The minimum Gasteiger partial charge on any atom is -0.677 e. The zero-order chi connectivity index (χ0) is 20.0. The topological polar surface area (TPSA) is 168 Å². The predicted molar refractivity (Wildman–Crippen MR) is 91.6 cm³/mol. The monoisotopic (exact) mass is 578 g/mol. The zero-order valence-corrected chi connectivity index (χ0v) is 18.1. The van der Waals surface area contributed by atoms with Crippen molar-refractivity contribution in [3.8, 4) is 0 Å². The van der Waals surface area contributed by atoms with Gasteiger partial charge in [-0.05, 0) is 10.5 Å². The SMILES string of the molecule is CCC(CC)C(C(=O)O)C(=O)O.O=[P+]([O-])OO.[CH2-]CC1CCC1C[NH-].[HH].[Pt+2]. The fraction of sp³-hybridized carbons (Fsp3) is 0.800. The van der Waals surface area contributed by atoms with Crippen LogP contribution in [0.1, 0.15) is 47.4 Å². The Hall–Kier alpha value is -0.432. The molecule has 0 bridgehead atoms. The summed E-state index contributed by atoms with van der Waals surface area (Å²) in [5, 5.41) is 24.2. The molecule has 1 fully saturated rings.